The summed E-state index contributed by atoms with van der Waals surface area (Å²) in [6.45, 7) is 4.28. The van der Waals surface area contributed by atoms with Gasteiger partial charge in [0.15, 0.2) is 0 Å². The predicted octanol–water partition coefficient (Wildman–Crippen LogP) is 6.00. The van der Waals surface area contributed by atoms with E-state index in [0.717, 1.165) is 6.42 Å². The van der Waals surface area contributed by atoms with E-state index in [1.807, 2.05) is 0 Å². The lowest BCUT2D eigenvalue weighted by atomic mass is 10.1. The number of unbranched alkanes of at least 4 members (excludes halogenated alkanes) is 7. The Balaban J connectivity index is 3.15. The Labute approximate surface area is 141 Å². The van der Waals surface area contributed by atoms with Crippen molar-refractivity contribution in [2.75, 3.05) is 6.61 Å². The molecule has 4 heteroatoms. The molecule has 0 amide bonds. The first-order valence-electron chi connectivity index (χ1n) is 7.99. The highest BCUT2D eigenvalue weighted by molar-refractivity contribution is 9.12. The summed E-state index contributed by atoms with van der Waals surface area (Å²) in [4.78, 5) is 11.8. The Morgan fingerprint density at radius 3 is 1.90 bits per heavy atom. The molecule has 0 aliphatic rings. The van der Waals surface area contributed by atoms with E-state index in [9.17, 15) is 4.79 Å². The van der Waals surface area contributed by atoms with Gasteiger partial charge >= 0.3 is 5.97 Å². The van der Waals surface area contributed by atoms with Gasteiger partial charge in [0.2, 0.25) is 0 Å². The van der Waals surface area contributed by atoms with Gasteiger partial charge in [0.05, 0.1) is 6.61 Å². The summed E-state index contributed by atoms with van der Waals surface area (Å²) in [6.07, 6.45) is 12.6. The van der Waals surface area contributed by atoms with E-state index >= 15 is 0 Å². The molecular weight excluding hydrogens is 384 g/mol. The summed E-state index contributed by atoms with van der Waals surface area (Å²) in [7, 11) is 0. The molecule has 0 aromatic carbocycles. The normalized spacial score (nSPS) is 14.0. The van der Waals surface area contributed by atoms with Crippen LogP contribution in [0.2, 0.25) is 0 Å². The molecule has 0 fully saturated rings. The van der Waals surface area contributed by atoms with E-state index in [4.69, 9.17) is 4.74 Å². The highest BCUT2D eigenvalue weighted by atomic mass is 79.9. The first-order valence-corrected chi connectivity index (χ1v) is 9.82. The fraction of sp³-hybridized carbons (Fsp3) is 0.938. The zero-order chi connectivity index (χ0) is 15.2. The Hall–Kier alpha value is 0.430. The maximum Gasteiger partial charge on any atom is 0.302 e. The molecule has 0 saturated carbocycles. The zero-order valence-corrected chi connectivity index (χ0v) is 16.2. The molecule has 0 aliphatic heterocycles. The minimum atomic E-state index is -0.163. The summed E-state index contributed by atoms with van der Waals surface area (Å²) in [5, 5.41) is 0. The number of esters is 1. The quantitative estimate of drug-likeness (QED) is 0.210. The molecule has 0 radical (unpaired) electrons. The molecule has 20 heavy (non-hydrogen) atoms. The van der Waals surface area contributed by atoms with Crippen LogP contribution in [0.25, 0.3) is 0 Å². The summed E-state index contributed by atoms with van der Waals surface area (Å²) >= 11 is 7.45. The van der Waals surface area contributed by atoms with Gasteiger partial charge in [-0.2, -0.15) is 0 Å². The second-order valence-electron chi connectivity index (χ2n) is 5.40. The highest BCUT2D eigenvalue weighted by Crippen LogP contribution is 2.23. The van der Waals surface area contributed by atoms with Crippen molar-refractivity contribution >= 4 is 37.8 Å². The minimum Gasteiger partial charge on any atom is -0.466 e. The fourth-order valence-corrected chi connectivity index (χ4v) is 3.12. The Morgan fingerprint density at radius 2 is 1.40 bits per heavy atom. The van der Waals surface area contributed by atoms with Crippen molar-refractivity contribution in [2.45, 2.75) is 87.7 Å². The van der Waals surface area contributed by atoms with Crippen molar-refractivity contribution in [3.8, 4) is 0 Å². The minimum absolute atomic E-state index is 0.163. The molecule has 0 heterocycles. The standard InChI is InChI=1S/C16H30Br2O2/c1-3-15(17)16(18)12-10-8-6-4-5-7-9-11-13-20-14(2)19/h15-16H,3-13H2,1-2H3. The van der Waals surface area contributed by atoms with Crippen LogP contribution >= 0.6 is 31.9 Å². The molecule has 120 valence electrons. The largest absolute Gasteiger partial charge is 0.466 e. The SMILES string of the molecule is CCC(Br)C(Br)CCCCCCCCCCOC(C)=O. The first kappa shape index (κ1) is 20.4. The lowest BCUT2D eigenvalue weighted by Gasteiger charge is -2.14. The fourth-order valence-electron chi connectivity index (χ4n) is 2.15. The van der Waals surface area contributed by atoms with Crippen LogP contribution in [-0.2, 0) is 9.53 Å². The lowest BCUT2D eigenvalue weighted by Crippen LogP contribution is -2.12. The number of carbonyl (C=O) groups excluding carboxylic acids is 1. The summed E-state index contributed by atoms with van der Waals surface area (Å²) in [5.41, 5.74) is 0. The topological polar surface area (TPSA) is 26.3 Å². The van der Waals surface area contributed by atoms with Crippen LogP contribution in [-0.4, -0.2) is 22.2 Å². The number of hydrogen-bond acceptors (Lipinski definition) is 2. The van der Waals surface area contributed by atoms with Crippen LogP contribution in [0, 0.1) is 0 Å². The molecule has 0 spiro atoms. The zero-order valence-electron chi connectivity index (χ0n) is 13.0. The molecule has 0 aliphatic carbocycles. The third-order valence-corrected chi connectivity index (χ3v) is 6.55. The lowest BCUT2D eigenvalue weighted by molar-refractivity contribution is -0.141. The molecule has 0 aromatic heterocycles. The second kappa shape index (κ2) is 14.4. The van der Waals surface area contributed by atoms with Crippen molar-refractivity contribution in [1.82, 2.24) is 0 Å². The number of rotatable bonds is 13. The van der Waals surface area contributed by atoms with Crippen molar-refractivity contribution < 1.29 is 9.53 Å². The molecule has 2 nitrogen and oxygen atoms in total. The molecular formula is C16H30Br2O2. The molecule has 2 unspecified atom stereocenters. The average Bonchev–Trinajstić information content (AvgIpc) is 2.43. The van der Waals surface area contributed by atoms with Gasteiger partial charge in [-0.15, -0.1) is 0 Å². The van der Waals surface area contributed by atoms with Gasteiger partial charge in [-0.1, -0.05) is 83.7 Å². The number of ether oxygens (including phenoxy) is 1. The van der Waals surface area contributed by atoms with Crippen LogP contribution in [0.5, 0.6) is 0 Å². The van der Waals surface area contributed by atoms with Gasteiger partial charge in [0.1, 0.15) is 0 Å². The summed E-state index contributed by atoms with van der Waals surface area (Å²) < 4.78 is 4.91. The Bertz CT molecular complexity index is 235. The van der Waals surface area contributed by atoms with Gasteiger partial charge in [0.25, 0.3) is 0 Å². The van der Waals surface area contributed by atoms with Crippen molar-refractivity contribution in [1.29, 1.82) is 0 Å². The van der Waals surface area contributed by atoms with E-state index in [0.29, 0.717) is 16.3 Å². The van der Waals surface area contributed by atoms with Crippen LogP contribution in [0.15, 0.2) is 0 Å². The first-order chi connectivity index (χ1) is 9.57. The van der Waals surface area contributed by atoms with Crippen LogP contribution in [0.3, 0.4) is 0 Å². The van der Waals surface area contributed by atoms with E-state index in [-0.39, 0.29) is 5.97 Å². The van der Waals surface area contributed by atoms with Crippen molar-refractivity contribution in [2.24, 2.45) is 0 Å². The van der Waals surface area contributed by atoms with Crippen molar-refractivity contribution in [3.05, 3.63) is 0 Å². The predicted molar refractivity (Wildman–Crippen MR) is 93.9 cm³/mol. The maximum atomic E-state index is 10.6. The van der Waals surface area contributed by atoms with Gasteiger partial charge in [-0.3, -0.25) is 4.79 Å². The van der Waals surface area contributed by atoms with E-state index in [2.05, 4.69) is 38.8 Å². The smallest absolute Gasteiger partial charge is 0.302 e. The van der Waals surface area contributed by atoms with E-state index in [1.54, 1.807) is 0 Å². The summed E-state index contributed by atoms with van der Waals surface area (Å²) in [5.74, 6) is -0.163. The van der Waals surface area contributed by atoms with Crippen molar-refractivity contribution in [3.63, 3.8) is 0 Å². The molecule has 0 rings (SSSR count). The third-order valence-electron chi connectivity index (χ3n) is 3.46. The number of hydrogen-bond donors (Lipinski definition) is 0. The van der Waals surface area contributed by atoms with Gasteiger partial charge in [-0.05, 0) is 19.3 Å². The number of halogens is 2. The average molecular weight is 414 g/mol. The second-order valence-corrected chi connectivity index (χ2v) is 7.75. The molecule has 0 N–H and O–H groups in total. The van der Waals surface area contributed by atoms with Gasteiger partial charge < -0.3 is 4.74 Å². The summed E-state index contributed by atoms with van der Waals surface area (Å²) in [6, 6.07) is 0. The highest BCUT2D eigenvalue weighted by Gasteiger charge is 2.12. The third kappa shape index (κ3) is 13.4. The van der Waals surface area contributed by atoms with Crippen LogP contribution in [0.4, 0.5) is 0 Å². The molecule has 0 aromatic rings. The molecule has 0 bridgehead atoms. The maximum absolute atomic E-state index is 10.6. The number of carbonyl (C=O) groups is 1. The van der Waals surface area contributed by atoms with Gasteiger partial charge in [0, 0.05) is 16.6 Å². The van der Waals surface area contributed by atoms with E-state index in [1.165, 1.54) is 64.7 Å². The Morgan fingerprint density at radius 1 is 0.900 bits per heavy atom. The van der Waals surface area contributed by atoms with Crippen LogP contribution < -0.4 is 0 Å². The monoisotopic (exact) mass is 412 g/mol. The van der Waals surface area contributed by atoms with Gasteiger partial charge in [-0.25, -0.2) is 0 Å². The van der Waals surface area contributed by atoms with E-state index < -0.39 is 0 Å². The number of alkyl halides is 2. The molecule has 0 saturated heterocycles. The van der Waals surface area contributed by atoms with Crippen LogP contribution in [0.1, 0.15) is 78.1 Å². The molecule has 2 atom stereocenters. The Kier molecular flexibility index (Phi) is 14.7.